The molecule has 0 bridgehead atoms. The van der Waals surface area contributed by atoms with Crippen molar-refractivity contribution >= 4 is 17.4 Å². The maximum atomic E-state index is 12.4. The Hall–Kier alpha value is -3.28. The molecule has 0 saturated carbocycles. The summed E-state index contributed by atoms with van der Waals surface area (Å²) in [6.07, 6.45) is 1.28. The van der Waals surface area contributed by atoms with Crippen LogP contribution in [0.5, 0.6) is 11.5 Å². The highest BCUT2D eigenvalue weighted by molar-refractivity contribution is 5.95. The van der Waals surface area contributed by atoms with E-state index in [9.17, 15) is 9.59 Å². The van der Waals surface area contributed by atoms with E-state index >= 15 is 0 Å². The van der Waals surface area contributed by atoms with Gasteiger partial charge in [-0.2, -0.15) is 0 Å². The molecule has 1 N–H and O–H groups in total. The Bertz CT molecular complexity index is 903. The van der Waals surface area contributed by atoms with Gasteiger partial charge in [0, 0.05) is 19.2 Å². The fraction of sp³-hybridized carbons (Fsp3) is 0.360. The first-order valence-electron chi connectivity index (χ1n) is 10.5. The van der Waals surface area contributed by atoms with Crippen LogP contribution in [0, 0.1) is 0 Å². The predicted molar refractivity (Wildman–Crippen MR) is 121 cm³/mol. The van der Waals surface area contributed by atoms with Crippen LogP contribution < -0.4 is 9.47 Å². The van der Waals surface area contributed by atoms with Gasteiger partial charge in [-0.25, -0.2) is 0 Å². The second-order valence-corrected chi connectivity index (χ2v) is 7.16. The van der Waals surface area contributed by atoms with Gasteiger partial charge in [0.1, 0.15) is 6.10 Å². The first kappa shape index (κ1) is 24.0. The number of hydrogen-bond donors (Lipinski definition) is 1. The third kappa shape index (κ3) is 7.17. The molecule has 0 aliphatic rings. The zero-order chi connectivity index (χ0) is 22.8. The van der Waals surface area contributed by atoms with Crippen LogP contribution in [0.4, 0.5) is 0 Å². The Morgan fingerprint density at radius 2 is 1.74 bits per heavy atom. The number of nitrogens with zero attached hydrogens (tertiary/aromatic N) is 1. The molecule has 31 heavy (non-hydrogen) atoms. The largest absolute Gasteiger partial charge is 0.489 e. The molecule has 2 rings (SSSR count). The fourth-order valence-corrected chi connectivity index (χ4v) is 3.09. The molecule has 0 fully saturated rings. The van der Waals surface area contributed by atoms with Gasteiger partial charge in [-0.15, -0.1) is 0 Å². The lowest BCUT2D eigenvalue weighted by atomic mass is 10.1. The van der Waals surface area contributed by atoms with E-state index in [-0.39, 0.29) is 25.0 Å². The van der Waals surface area contributed by atoms with E-state index in [1.54, 1.807) is 23.1 Å². The molecule has 6 nitrogen and oxygen atoms in total. The van der Waals surface area contributed by atoms with Crippen LogP contribution >= 0.6 is 0 Å². The summed E-state index contributed by atoms with van der Waals surface area (Å²) in [5.74, 6) is -0.0102. The minimum absolute atomic E-state index is 0.0238. The minimum atomic E-state index is -0.933. The number of benzene rings is 2. The van der Waals surface area contributed by atoms with Gasteiger partial charge in [-0.1, -0.05) is 36.4 Å². The monoisotopic (exact) mass is 425 g/mol. The normalized spacial score (nSPS) is 12.2. The van der Waals surface area contributed by atoms with Gasteiger partial charge in [0.25, 0.3) is 0 Å². The standard InChI is InChI=1S/C25H31NO5/c1-5-26(6-2)24(27)16-18(3)21-12-13-22(23(17-21)30-15-14-25(28)29)31-19(4)20-10-8-7-9-11-20/h7-13,16-17,19H,5-6,14-15H2,1-4H3,(H,28,29)/b18-16-. The molecule has 0 radical (unpaired) electrons. The van der Waals surface area contributed by atoms with E-state index in [0.29, 0.717) is 24.6 Å². The van der Waals surface area contributed by atoms with Crippen LogP contribution in [-0.2, 0) is 9.59 Å². The highest BCUT2D eigenvalue weighted by Gasteiger charge is 2.14. The number of allylic oxidation sites excluding steroid dienone is 1. The van der Waals surface area contributed by atoms with E-state index in [4.69, 9.17) is 14.6 Å². The first-order chi connectivity index (χ1) is 14.8. The lowest BCUT2D eigenvalue weighted by Crippen LogP contribution is -2.28. The number of rotatable bonds is 11. The van der Waals surface area contributed by atoms with Crippen molar-refractivity contribution < 1.29 is 24.2 Å². The van der Waals surface area contributed by atoms with Crippen LogP contribution in [0.3, 0.4) is 0 Å². The molecule has 1 atom stereocenters. The Morgan fingerprint density at radius 3 is 2.35 bits per heavy atom. The van der Waals surface area contributed by atoms with Gasteiger partial charge >= 0.3 is 5.97 Å². The van der Waals surface area contributed by atoms with Crippen molar-refractivity contribution in [1.29, 1.82) is 0 Å². The van der Waals surface area contributed by atoms with Crippen molar-refractivity contribution in [2.45, 2.75) is 40.2 Å². The Balaban J connectivity index is 2.29. The average molecular weight is 426 g/mol. The summed E-state index contributed by atoms with van der Waals surface area (Å²) in [6, 6.07) is 15.3. The second kappa shape index (κ2) is 11.8. The molecule has 0 aliphatic heterocycles. The number of carbonyl (C=O) groups is 2. The molecule has 6 heteroatoms. The molecule has 0 aromatic heterocycles. The maximum absolute atomic E-state index is 12.4. The van der Waals surface area contributed by atoms with Gasteiger partial charge in [0.2, 0.25) is 5.91 Å². The molecule has 2 aromatic rings. The van der Waals surface area contributed by atoms with Crippen molar-refractivity contribution in [3.8, 4) is 11.5 Å². The Morgan fingerprint density at radius 1 is 1.06 bits per heavy atom. The third-order valence-corrected chi connectivity index (χ3v) is 4.96. The number of ether oxygens (including phenoxy) is 2. The topological polar surface area (TPSA) is 76.1 Å². The van der Waals surface area contributed by atoms with Crippen molar-refractivity contribution in [1.82, 2.24) is 4.90 Å². The highest BCUT2D eigenvalue weighted by Crippen LogP contribution is 2.34. The number of carbonyl (C=O) groups excluding carboxylic acids is 1. The predicted octanol–water partition coefficient (Wildman–Crippen LogP) is 4.95. The van der Waals surface area contributed by atoms with E-state index < -0.39 is 5.97 Å². The van der Waals surface area contributed by atoms with Crippen LogP contribution in [0.15, 0.2) is 54.6 Å². The molecule has 1 amide bonds. The van der Waals surface area contributed by atoms with Gasteiger partial charge in [-0.05, 0) is 56.5 Å². The quantitative estimate of drug-likeness (QED) is 0.516. The molecule has 0 saturated heterocycles. The van der Waals surface area contributed by atoms with E-state index in [2.05, 4.69) is 0 Å². The Kier molecular flexibility index (Phi) is 9.13. The Labute approximate surface area is 184 Å². The zero-order valence-corrected chi connectivity index (χ0v) is 18.6. The molecular formula is C25H31NO5. The molecule has 0 heterocycles. The average Bonchev–Trinajstić information content (AvgIpc) is 2.75. The van der Waals surface area contributed by atoms with Crippen molar-refractivity contribution in [3.05, 3.63) is 65.7 Å². The highest BCUT2D eigenvalue weighted by atomic mass is 16.5. The van der Waals surface area contributed by atoms with Gasteiger partial charge in [0.05, 0.1) is 13.0 Å². The van der Waals surface area contributed by atoms with E-state index in [0.717, 1.165) is 16.7 Å². The molecule has 2 aromatic carbocycles. The minimum Gasteiger partial charge on any atom is -0.489 e. The number of carboxylic acid groups (broad SMARTS) is 1. The van der Waals surface area contributed by atoms with Crippen LogP contribution in [0.1, 0.15) is 51.3 Å². The fourth-order valence-electron chi connectivity index (χ4n) is 3.09. The molecule has 0 spiro atoms. The van der Waals surface area contributed by atoms with Crippen LogP contribution in [0.2, 0.25) is 0 Å². The molecule has 1 unspecified atom stereocenters. The molecular weight excluding hydrogens is 394 g/mol. The number of hydrogen-bond acceptors (Lipinski definition) is 4. The summed E-state index contributed by atoms with van der Waals surface area (Å²) in [5.41, 5.74) is 2.62. The number of likely N-dealkylation sites (N-methyl/N-ethyl adjacent to an activating group) is 1. The summed E-state index contributed by atoms with van der Waals surface area (Å²) < 4.78 is 11.9. The number of carboxylic acids is 1. The third-order valence-electron chi connectivity index (χ3n) is 4.96. The van der Waals surface area contributed by atoms with Gasteiger partial charge in [0.15, 0.2) is 11.5 Å². The van der Waals surface area contributed by atoms with Crippen molar-refractivity contribution in [2.75, 3.05) is 19.7 Å². The van der Waals surface area contributed by atoms with Gasteiger partial charge < -0.3 is 19.5 Å². The number of amides is 1. The smallest absolute Gasteiger partial charge is 0.306 e. The lowest BCUT2D eigenvalue weighted by Gasteiger charge is -2.19. The first-order valence-corrected chi connectivity index (χ1v) is 10.5. The summed E-state index contributed by atoms with van der Waals surface area (Å²) in [4.78, 5) is 25.1. The van der Waals surface area contributed by atoms with E-state index in [1.165, 1.54) is 0 Å². The summed E-state index contributed by atoms with van der Waals surface area (Å²) in [5, 5.41) is 8.93. The number of aliphatic carboxylic acids is 1. The summed E-state index contributed by atoms with van der Waals surface area (Å²) in [6.45, 7) is 9.01. The van der Waals surface area contributed by atoms with E-state index in [1.807, 2.05) is 64.1 Å². The SMILES string of the molecule is CCN(CC)C(=O)/C=C(/C)c1ccc(OC(C)c2ccccc2)c(OCCC(=O)O)c1. The summed E-state index contributed by atoms with van der Waals surface area (Å²) in [7, 11) is 0. The summed E-state index contributed by atoms with van der Waals surface area (Å²) >= 11 is 0. The molecule has 166 valence electrons. The lowest BCUT2D eigenvalue weighted by molar-refractivity contribution is -0.137. The van der Waals surface area contributed by atoms with Crippen molar-refractivity contribution in [3.63, 3.8) is 0 Å². The second-order valence-electron chi connectivity index (χ2n) is 7.16. The maximum Gasteiger partial charge on any atom is 0.306 e. The van der Waals surface area contributed by atoms with Crippen LogP contribution in [-0.4, -0.2) is 41.6 Å². The van der Waals surface area contributed by atoms with Gasteiger partial charge in [-0.3, -0.25) is 9.59 Å². The zero-order valence-electron chi connectivity index (χ0n) is 18.6. The van der Waals surface area contributed by atoms with Crippen molar-refractivity contribution in [2.24, 2.45) is 0 Å². The van der Waals surface area contributed by atoms with Crippen LogP contribution in [0.25, 0.3) is 5.57 Å². The molecule has 0 aliphatic carbocycles.